The molecule has 3 amide bonds. The van der Waals surface area contributed by atoms with Gasteiger partial charge in [-0.15, -0.1) is 0 Å². The molecule has 0 saturated carbocycles. The summed E-state index contributed by atoms with van der Waals surface area (Å²) in [6.45, 7) is 10.1. The molecule has 0 aliphatic carbocycles. The van der Waals surface area contributed by atoms with Crippen molar-refractivity contribution in [2.24, 2.45) is 0 Å². The van der Waals surface area contributed by atoms with E-state index < -0.39 is 5.54 Å². The Balaban J connectivity index is 1.18. The molecule has 5 heterocycles. The number of likely N-dealkylation sites (N-methyl/N-ethyl adjacent to an activating group) is 1. The van der Waals surface area contributed by atoms with Crippen molar-refractivity contribution in [3.63, 3.8) is 0 Å². The molecule has 36 heavy (non-hydrogen) atoms. The lowest BCUT2D eigenvalue weighted by Crippen LogP contribution is -2.56. The largest absolute Gasteiger partial charge is 0.361 e. The Kier molecular flexibility index (Phi) is 6.84. The quantitative estimate of drug-likeness (QED) is 0.660. The van der Waals surface area contributed by atoms with Gasteiger partial charge in [0.25, 0.3) is 0 Å². The zero-order chi connectivity index (χ0) is 25.6. The summed E-state index contributed by atoms with van der Waals surface area (Å²) in [4.78, 5) is 47.0. The van der Waals surface area contributed by atoms with E-state index in [1.165, 1.54) is 0 Å². The highest BCUT2D eigenvalue weighted by molar-refractivity contribution is 5.92. The number of carbonyl (C=O) groups excluding carboxylic acids is 3. The second kappa shape index (κ2) is 9.78. The van der Waals surface area contributed by atoms with E-state index in [2.05, 4.69) is 27.3 Å². The molecule has 4 aliphatic heterocycles. The first-order valence-electron chi connectivity index (χ1n) is 13.4. The van der Waals surface area contributed by atoms with Crippen molar-refractivity contribution in [2.45, 2.75) is 89.5 Å². The van der Waals surface area contributed by atoms with Gasteiger partial charge in [0, 0.05) is 63.8 Å². The summed E-state index contributed by atoms with van der Waals surface area (Å²) in [6.07, 6.45) is 4.46. The van der Waals surface area contributed by atoms with Crippen LogP contribution in [0.4, 0.5) is 0 Å². The van der Waals surface area contributed by atoms with Gasteiger partial charge in [0.15, 0.2) is 0 Å². The first-order chi connectivity index (χ1) is 17.2. The predicted octanol–water partition coefficient (Wildman–Crippen LogP) is 1.06. The molecule has 4 fully saturated rings. The van der Waals surface area contributed by atoms with Crippen LogP contribution in [0.15, 0.2) is 4.52 Å². The van der Waals surface area contributed by atoms with Crippen LogP contribution in [0.2, 0.25) is 0 Å². The first kappa shape index (κ1) is 25.2. The Morgan fingerprint density at radius 2 is 1.83 bits per heavy atom. The third-order valence-electron chi connectivity index (χ3n) is 9.22. The Morgan fingerprint density at radius 3 is 2.44 bits per heavy atom. The number of nitrogens with one attached hydrogen (secondary N) is 1. The molecule has 0 aromatic carbocycles. The van der Waals surface area contributed by atoms with Crippen molar-refractivity contribution >= 4 is 17.7 Å². The van der Waals surface area contributed by atoms with E-state index in [9.17, 15) is 14.4 Å². The van der Waals surface area contributed by atoms with E-state index >= 15 is 0 Å². The van der Waals surface area contributed by atoms with Crippen LogP contribution in [0.3, 0.4) is 0 Å². The number of nitrogens with zero attached hydrogens (tertiary/aromatic N) is 5. The highest BCUT2D eigenvalue weighted by Gasteiger charge is 2.50. The fourth-order valence-corrected chi connectivity index (χ4v) is 6.69. The van der Waals surface area contributed by atoms with Crippen LogP contribution < -0.4 is 5.32 Å². The third-order valence-corrected chi connectivity index (χ3v) is 9.22. The predicted molar refractivity (Wildman–Crippen MR) is 133 cm³/mol. The lowest BCUT2D eigenvalue weighted by atomic mass is 9.83. The standard InChI is InChI=1S/C26H40N6O4/c1-17-22(18(2)36-28-17)16-30-11-7-26(8-12-30)14-24(34)32-15-21(13-23(32)25(35)27-26)29(4)20-5-9-31(10-6-20)19(3)33/h20-21,23H,5-16H2,1-4H3,(H,27,35)/t21-,23-/m0/s1. The van der Waals surface area contributed by atoms with Crippen LogP contribution >= 0.6 is 0 Å². The van der Waals surface area contributed by atoms with Crippen molar-refractivity contribution in [3.05, 3.63) is 17.0 Å². The van der Waals surface area contributed by atoms with Crippen LogP contribution in [0, 0.1) is 13.8 Å². The number of aryl methyl sites for hydroxylation is 2. The Morgan fingerprint density at radius 1 is 1.14 bits per heavy atom. The maximum Gasteiger partial charge on any atom is 0.243 e. The lowest BCUT2D eigenvalue weighted by molar-refractivity contribution is -0.136. The number of aromatic nitrogens is 1. The maximum absolute atomic E-state index is 13.4. The van der Waals surface area contributed by atoms with Gasteiger partial charge in [-0.3, -0.25) is 24.2 Å². The summed E-state index contributed by atoms with van der Waals surface area (Å²) in [5.74, 6) is 1.09. The molecule has 1 aromatic rings. The van der Waals surface area contributed by atoms with Crippen LogP contribution in [0.1, 0.15) is 62.5 Å². The molecule has 10 nitrogen and oxygen atoms in total. The molecule has 0 bridgehead atoms. The molecule has 4 aliphatic rings. The summed E-state index contributed by atoms with van der Waals surface area (Å²) >= 11 is 0. The Labute approximate surface area is 213 Å². The van der Waals surface area contributed by atoms with Crippen molar-refractivity contribution in [1.29, 1.82) is 0 Å². The first-order valence-corrected chi connectivity index (χ1v) is 13.4. The topological polar surface area (TPSA) is 102 Å². The van der Waals surface area contributed by atoms with Gasteiger partial charge >= 0.3 is 0 Å². The maximum atomic E-state index is 13.4. The van der Waals surface area contributed by atoms with Gasteiger partial charge in [0.1, 0.15) is 11.8 Å². The molecular formula is C26H40N6O4. The van der Waals surface area contributed by atoms with Crippen molar-refractivity contribution in [1.82, 2.24) is 30.1 Å². The molecule has 4 saturated heterocycles. The molecule has 0 unspecified atom stereocenters. The molecule has 1 N–H and O–H groups in total. The van der Waals surface area contributed by atoms with Gasteiger partial charge in [-0.2, -0.15) is 0 Å². The number of hydrogen-bond donors (Lipinski definition) is 1. The number of hydrogen-bond acceptors (Lipinski definition) is 7. The minimum Gasteiger partial charge on any atom is -0.361 e. The number of amides is 3. The number of rotatable bonds is 4. The molecule has 10 heteroatoms. The van der Waals surface area contributed by atoms with Crippen LogP contribution in [0.5, 0.6) is 0 Å². The monoisotopic (exact) mass is 500 g/mol. The molecule has 2 atom stereocenters. The van der Waals surface area contributed by atoms with E-state index in [-0.39, 0.29) is 29.8 Å². The number of fused-ring (bicyclic) bond motifs is 1. The lowest BCUT2D eigenvalue weighted by Gasteiger charge is -2.41. The molecular weight excluding hydrogens is 460 g/mol. The van der Waals surface area contributed by atoms with E-state index in [0.29, 0.717) is 25.4 Å². The fourth-order valence-electron chi connectivity index (χ4n) is 6.69. The minimum atomic E-state index is -0.450. The minimum absolute atomic E-state index is 0.00215. The molecule has 198 valence electrons. The summed E-state index contributed by atoms with van der Waals surface area (Å²) < 4.78 is 5.31. The number of carbonyl (C=O) groups is 3. The normalized spacial score (nSPS) is 27.5. The zero-order valence-corrected chi connectivity index (χ0v) is 22.1. The molecule has 1 aromatic heterocycles. The third kappa shape index (κ3) is 4.77. The molecule has 5 rings (SSSR count). The second-order valence-corrected chi connectivity index (χ2v) is 11.4. The van der Waals surface area contributed by atoms with Crippen molar-refractivity contribution in [3.8, 4) is 0 Å². The van der Waals surface area contributed by atoms with Gasteiger partial charge in [-0.25, -0.2) is 0 Å². The van der Waals surface area contributed by atoms with Crippen LogP contribution in [-0.4, -0.2) is 106 Å². The smallest absolute Gasteiger partial charge is 0.243 e. The second-order valence-electron chi connectivity index (χ2n) is 11.4. The summed E-state index contributed by atoms with van der Waals surface area (Å²) in [5, 5.41) is 7.39. The van der Waals surface area contributed by atoms with E-state index in [1.807, 2.05) is 23.6 Å². The van der Waals surface area contributed by atoms with Gasteiger partial charge in [-0.05, 0) is 53.0 Å². The van der Waals surface area contributed by atoms with Crippen LogP contribution in [0.25, 0.3) is 0 Å². The van der Waals surface area contributed by atoms with Gasteiger partial charge < -0.3 is 19.6 Å². The zero-order valence-electron chi connectivity index (χ0n) is 22.1. The van der Waals surface area contributed by atoms with Gasteiger partial charge in [0.05, 0.1) is 17.7 Å². The summed E-state index contributed by atoms with van der Waals surface area (Å²) in [6, 6.07) is 0.159. The van der Waals surface area contributed by atoms with Gasteiger partial charge in [0.2, 0.25) is 17.7 Å². The SMILES string of the molecule is CC(=O)N1CCC(N(C)[C@H]2C[C@H]3C(=O)NC4(CCN(Cc5c(C)noc5C)CC4)CC(=O)N3C2)CC1. The van der Waals surface area contributed by atoms with Crippen molar-refractivity contribution < 1.29 is 18.9 Å². The van der Waals surface area contributed by atoms with E-state index in [4.69, 9.17) is 4.52 Å². The Bertz CT molecular complexity index is 961. The molecule has 1 spiro atoms. The van der Waals surface area contributed by atoms with Crippen molar-refractivity contribution in [2.75, 3.05) is 39.8 Å². The summed E-state index contributed by atoms with van der Waals surface area (Å²) in [7, 11) is 2.11. The highest BCUT2D eigenvalue weighted by atomic mass is 16.5. The van der Waals surface area contributed by atoms with E-state index in [1.54, 1.807) is 6.92 Å². The number of likely N-dealkylation sites (tertiary alicyclic amines) is 2. The molecule has 0 radical (unpaired) electrons. The number of piperidine rings is 2. The summed E-state index contributed by atoms with van der Waals surface area (Å²) in [5.41, 5.74) is 1.61. The van der Waals surface area contributed by atoms with Gasteiger partial charge in [-0.1, -0.05) is 5.16 Å². The Hall–Kier alpha value is -2.46. The van der Waals surface area contributed by atoms with Crippen LogP contribution in [-0.2, 0) is 20.9 Å². The average Bonchev–Trinajstić information content (AvgIpc) is 3.42. The van der Waals surface area contributed by atoms with E-state index in [0.717, 1.165) is 75.4 Å². The average molecular weight is 501 g/mol. The fraction of sp³-hybridized carbons (Fsp3) is 0.769. The highest BCUT2D eigenvalue weighted by Crippen LogP contribution is 2.35.